The second kappa shape index (κ2) is 7.08. The third-order valence-corrected chi connectivity index (χ3v) is 6.27. The van der Waals surface area contributed by atoms with Crippen LogP contribution >= 0.6 is 0 Å². The van der Waals surface area contributed by atoms with Crippen LogP contribution in [0.4, 0.5) is 0 Å². The third-order valence-electron chi connectivity index (χ3n) is 6.27. The summed E-state index contributed by atoms with van der Waals surface area (Å²) in [5.74, 6) is -0.874. The van der Waals surface area contributed by atoms with Crippen molar-refractivity contribution in [3.63, 3.8) is 0 Å². The number of aromatic nitrogens is 2. The number of aryl methyl sites for hydroxylation is 1. The van der Waals surface area contributed by atoms with Crippen LogP contribution in [-0.4, -0.2) is 68.9 Å². The normalized spacial score (nSPS) is 25.6. The van der Waals surface area contributed by atoms with Gasteiger partial charge in [-0.05, 0) is 51.6 Å². The van der Waals surface area contributed by atoms with Crippen LogP contribution in [0.2, 0.25) is 0 Å². The van der Waals surface area contributed by atoms with Gasteiger partial charge in [0.1, 0.15) is 0 Å². The Morgan fingerprint density at radius 1 is 1.16 bits per heavy atom. The van der Waals surface area contributed by atoms with E-state index in [0.717, 1.165) is 56.9 Å². The fraction of sp³-hybridized carbons (Fsp3) is 0.789. The zero-order chi connectivity index (χ0) is 17.4. The fourth-order valence-corrected chi connectivity index (χ4v) is 4.85. The van der Waals surface area contributed by atoms with Crippen molar-refractivity contribution < 1.29 is 9.90 Å². The second-order valence-electron chi connectivity index (χ2n) is 7.90. The highest BCUT2D eigenvalue weighted by atomic mass is 16.4. The monoisotopic (exact) mass is 346 g/mol. The molecule has 0 radical (unpaired) electrons. The van der Waals surface area contributed by atoms with Gasteiger partial charge in [0.15, 0.2) is 5.69 Å². The summed E-state index contributed by atoms with van der Waals surface area (Å²) in [5, 5.41) is 13.9. The predicted octanol–water partition coefficient (Wildman–Crippen LogP) is 2.02. The Bertz CT molecular complexity index is 630. The lowest BCUT2D eigenvalue weighted by atomic mass is 9.87. The molecule has 2 saturated heterocycles. The summed E-state index contributed by atoms with van der Waals surface area (Å²) in [7, 11) is 0. The van der Waals surface area contributed by atoms with Crippen molar-refractivity contribution in [3.05, 3.63) is 17.0 Å². The minimum absolute atomic E-state index is 0.293. The molecule has 6 nitrogen and oxygen atoms in total. The number of rotatable bonds is 5. The number of carbonyl (C=O) groups is 1. The molecule has 2 fully saturated rings. The molecule has 3 heterocycles. The van der Waals surface area contributed by atoms with E-state index in [1.54, 1.807) is 0 Å². The maximum Gasteiger partial charge on any atom is 0.356 e. The van der Waals surface area contributed by atoms with Gasteiger partial charge in [-0.3, -0.25) is 14.5 Å². The quantitative estimate of drug-likeness (QED) is 0.884. The molecule has 0 spiro atoms. The maximum absolute atomic E-state index is 11.6. The molecule has 1 aliphatic carbocycles. The SMILES string of the molecule is CCCn1nc(C(=O)O)c2c1CC[C@@H](N1CC(N3CCCCC3)C1)C2. The van der Waals surface area contributed by atoms with Gasteiger partial charge in [-0.15, -0.1) is 0 Å². The molecular weight excluding hydrogens is 316 g/mol. The van der Waals surface area contributed by atoms with Crippen molar-refractivity contribution in [2.75, 3.05) is 26.2 Å². The number of carboxylic acid groups (broad SMARTS) is 1. The van der Waals surface area contributed by atoms with Crippen molar-refractivity contribution in [2.45, 2.75) is 70.5 Å². The van der Waals surface area contributed by atoms with Gasteiger partial charge in [0.25, 0.3) is 0 Å². The molecule has 1 atom stereocenters. The summed E-state index contributed by atoms with van der Waals surface area (Å²) in [6.07, 6.45) is 8.02. The number of piperidine rings is 1. The van der Waals surface area contributed by atoms with Crippen LogP contribution in [0.25, 0.3) is 0 Å². The average Bonchev–Trinajstić information content (AvgIpc) is 2.93. The van der Waals surface area contributed by atoms with Crippen LogP contribution in [-0.2, 0) is 19.4 Å². The lowest BCUT2D eigenvalue weighted by Gasteiger charge is -2.50. The Hall–Kier alpha value is -1.40. The van der Waals surface area contributed by atoms with Crippen LogP contribution in [0.3, 0.4) is 0 Å². The number of nitrogens with zero attached hydrogens (tertiary/aromatic N) is 4. The molecule has 0 unspecified atom stereocenters. The summed E-state index contributed by atoms with van der Waals surface area (Å²) < 4.78 is 1.95. The maximum atomic E-state index is 11.6. The number of likely N-dealkylation sites (tertiary alicyclic amines) is 2. The highest BCUT2D eigenvalue weighted by Crippen LogP contribution is 2.31. The van der Waals surface area contributed by atoms with E-state index in [-0.39, 0.29) is 0 Å². The van der Waals surface area contributed by atoms with Gasteiger partial charge >= 0.3 is 5.97 Å². The fourth-order valence-electron chi connectivity index (χ4n) is 4.85. The van der Waals surface area contributed by atoms with Gasteiger partial charge in [0.05, 0.1) is 0 Å². The second-order valence-corrected chi connectivity index (χ2v) is 7.90. The molecule has 1 N–H and O–H groups in total. The molecule has 6 heteroatoms. The molecule has 0 saturated carbocycles. The highest BCUT2D eigenvalue weighted by molar-refractivity contribution is 5.87. The lowest BCUT2D eigenvalue weighted by molar-refractivity contribution is -0.00704. The van der Waals surface area contributed by atoms with Gasteiger partial charge in [-0.1, -0.05) is 13.3 Å². The molecule has 2 aliphatic heterocycles. The lowest BCUT2D eigenvalue weighted by Crippen LogP contribution is -2.63. The van der Waals surface area contributed by atoms with Crippen LogP contribution in [0, 0.1) is 0 Å². The Balaban J connectivity index is 1.42. The molecule has 1 aromatic heterocycles. The number of hydrogen-bond acceptors (Lipinski definition) is 4. The standard InChI is InChI=1S/C19H30N4O2/c1-2-8-23-17-7-6-14(11-16(17)18(20-23)19(24)25)22-12-15(13-22)21-9-4-3-5-10-21/h14-15H,2-13H2,1H3,(H,24,25)/t14-/m1/s1. The van der Waals surface area contributed by atoms with Crippen LogP contribution in [0.1, 0.15) is 60.8 Å². The van der Waals surface area contributed by atoms with E-state index in [9.17, 15) is 9.90 Å². The van der Waals surface area contributed by atoms with E-state index < -0.39 is 5.97 Å². The number of aromatic carboxylic acids is 1. The molecular formula is C19H30N4O2. The minimum atomic E-state index is -0.874. The van der Waals surface area contributed by atoms with Gasteiger partial charge in [0, 0.05) is 43.0 Å². The van der Waals surface area contributed by atoms with Crippen LogP contribution in [0.5, 0.6) is 0 Å². The van der Waals surface area contributed by atoms with Crippen molar-refractivity contribution in [2.24, 2.45) is 0 Å². The van der Waals surface area contributed by atoms with Crippen LogP contribution in [0.15, 0.2) is 0 Å². The summed E-state index contributed by atoms with van der Waals surface area (Å²) >= 11 is 0. The van der Waals surface area contributed by atoms with E-state index >= 15 is 0 Å². The largest absolute Gasteiger partial charge is 0.476 e. The van der Waals surface area contributed by atoms with Crippen LogP contribution < -0.4 is 0 Å². The number of carboxylic acids is 1. The van der Waals surface area contributed by atoms with E-state index in [0.29, 0.717) is 11.7 Å². The molecule has 1 aromatic rings. The topological polar surface area (TPSA) is 61.6 Å². The molecule has 0 bridgehead atoms. The number of hydrogen-bond donors (Lipinski definition) is 1. The van der Waals surface area contributed by atoms with Gasteiger partial charge in [0.2, 0.25) is 0 Å². The zero-order valence-corrected chi connectivity index (χ0v) is 15.3. The zero-order valence-electron chi connectivity index (χ0n) is 15.3. The van der Waals surface area contributed by atoms with Gasteiger partial charge < -0.3 is 5.11 Å². The minimum Gasteiger partial charge on any atom is -0.476 e. The van der Waals surface area contributed by atoms with Gasteiger partial charge in [-0.2, -0.15) is 5.10 Å². The van der Waals surface area contributed by atoms with Crippen molar-refractivity contribution in [3.8, 4) is 0 Å². The Labute approximate surface area is 149 Å². The van der Waals surface area contributed by atoms with E-state index in [2.05, 4.69) is 21.8 Å². The van der Waals surface area contributed by atoms with Gasteiger partial charge in [-0.25, -0.2) is 4.79 Å². The molecule has 4 rings (SSSR count). The highest BCUT2D eigenvalue weighted by Gasteiger charge is 2.39. The predicted molar refractivity (Wildman–Crippen MR) is 96.1 cm³/mol. The third kappa shape index (κ3) is 3.22. The summed E-state index contributed by atoms with van der Waals surface area (Å²) in [4.78, 5) is 16.9. The van der Waals surface area contributed by atoms with Crippen molar-refractivity contribution in [1.82, 2.24) is 19.6 Å². The number of fused-ring (bicyclic) bond motifs is 1. The molecule has 0 aromatic carbocycles. The summed E-state index contributed by atoms with van der Waals surface area (Å²) in [6, 6.07) is 1.22. The first-order valence-corrected chi connectivity index (χ1v) is 9.97. The first-order valence-electron chi connectivity index (χ1n) is 9.97. The summed E-state index contributed by atoms with van der Waals surface area (Å²) in [5.41, 5.74) is 2.46. The molecule has 138 valence electrons. The first-order chi connectivity index (χ1) is 12.2. The Morgan fingerprint density at radius 2 is 1.92 bits per heavy atom. The molecule has 0 amide bonds. The summed E-state index contributed by atoms with van der Waals surface area (Å²) in [6.45, 7) is 7.78. The van der Waals surface area contributed by atoms with E-state index in [1.807, 2.05) is 4.68 Å². The first kappa shape index (κ1) is 17.0. The molecule has 25 heavy (non-hydrogen) atoms. The van der Waals surface area contributed by atoms with Crippen molar-refractivity contribution >= 4 is 5.97 Å². The van der Waals surface area contributed by atoms with E-state index in [1.165, 1.54) is 38.0 Å². The smallest absolute Gasteiger partial charge is 0.356 e. The Kier molecular flexibility index (Phi) is 4.82. The van der Waals surface area contributed by atoms with E-state index in [4.69, 9.17) is 0 Å². The average molecular weight is 346 g/mol. The Morgan fingerprint density at radius 3 is 2.60 bits per heavy atom. The van der Waals surface area contributed by atoms with Crippen molar-refractivity contribution in [1.29, 1.82) is 0 Å². The molecule has 3 aliphatic rings.